The molecule has 3 N–H and O–H groups in total. The van der Waals surface area contributed by atoms with Crippen LogP contribution >= 0.6 is 0 Å². The fourth-order valence-electron chi connectivity index (χ4n) is 2.42. The quantitative estimate of drug-likeness (QED) is 0.768. The Morgan fingerprint density at radius 2 is 2.20 bits per heavy atom. The van der Waals surface area contributed by atoms with Crippen molar-refractivity contribution in [1.82, 2.24) is 0 Å². The lowest BCUT2D eigenvalue weighted by molar-refractivity contribution is -0.143. The number of aryl methyl sites for hydroxylation is 1. The number of halogens is 1. The zero-order chi connectivity index (χ0) is 15.2. The van der Waals surface area contributed by atoms with Gasteiger partial charge in [-0.05, 0) is 49.8 Å². The molecule has 1 aromatic carbocycles. The maximum atomic E-state index is 13.0. The molecule has 112 valence electrons. The van der Waals surface area contributed by atoms with Crippen molar-refractivity contribution in [3.05, 3.63) is 35.6 Å². The largest absolute Gasteiger partial charge is 0.480 e. The van der Waals surface area contributed by atoms with E-state index >= 15 is 0 Å². The van der Waals surface area contributed by atoms with Gasteiger partial charge >= 0.3 is 5.97 Å². The van der Waals surface area contributed by atoms with Gasteiger partial charge in [-0.25, -0.2) is 4.39 Å². The molecule has 1 aromatic rings. The average molecular weight is 281 g/mol. The van der Waals surface area contributed by atoms with Crippen LogP contribution in [0.25, 0.3) is 0 Å². The molecule has 0 saturated heterocycles. The van der Waals surface area contributed by atoms with E-state index in [1.807, 2.05) is 13.0 Å². The number of benzene rings is 1. The molecule has 0 aliphatic heterocycles. The van der Waals surface area contributed by atoms with E-state index in [2.05, 4.69) is 0 Å². The number of rotatable bonds is 8. The zero-order valence-electron chi connectivity index (χ0n) is 12.2. The van der Waals surface area contributed by atoms with E-state index in [0.717, 1.165) is 31.2 Å². The molecule has 3 nitrogen and oxygen atoms in total. The van der Waals surface area contributed by atoms with E-state index in [9.17, 15) is 9.18 Å². The summed E-state index contributed by atoms with van der Waals surface area (Å²) in [6.07, 6.45) is 4.01. The molecular formula is C16H24FNO2. The highest BCUT2D eigenvalue weighted by Gasteiger charge is 2.30. The van der Waals surface area contributed by atoms with Crippen LogP contribution in [-0.2, 0) is 11.2 Å². The number of carbonyl (C=O) groups is 1. The molecule has 2 unspecified atom stereocenters. The molecule has 0 spiro atoms. The van der Waals surface area contributed by atoms with Crippen molar-refractivity contribution in [2.24, 2.45) is 11.7 Å². The highest BCUT2D eigenvalue weighted by Crippen LogP contribution is 2.23. The van der Waals surface area contributed by atoms with Crippen molar-refractivity contribution < 1.29 is 14.3 Å². The molecule has 0 bridgehead atoms. The third-order valence-corrected chi connectivity index (χ3v) is 3.75. The average Bonchev–Trinajstić information content (AvgIpc) is 2.37. The minimum atomic E-state index is -1.17. The van der Waals surface area contributed by atoms with Crippen LogP contribution in [-0.4, -0.2) is 16.6 Å². The van der Waals surface area contributed by atoms with Crippen LogP contribution < -0.4 is 5.73 Å². The molecular weight excluding hydrogens is 257 g/mol. The highest BCUT2D eigenvalue weighted by molar-refractivity contribution is 5.77. The molecule has 0 heterocycles. The lowest BCUT2D eigenvalue weighted by Crippen LogP contribution is -2.46. The lowest BCUT2D eigenvalue weighted by atomic mass is 9.85. The molecule has 1 rings (SSSR count). The molecule has 0 aromatic heterocycles. The summed E-state index contributed by atoms with van der Waals surface area (Å²) in [5, 5.41) is 9.05. The normalized spacial score (nSPS) is 15.6. The molecule has 0 amide bonds. The molecule has 0 aliphatic carbocycles. The fraction of sp³-hybridized carbons (Fsp3) is 0.562. The Bertz CT molecular complexity index is 446. The summed E-state index contributed by atoms with van der Waals surface area (Å²) < 4.78 is 13.0. The molecule has 4 heteroatoms. The predicted molar refractivity (Wildman–Crippen MR) is 78.0 cm³/mol. The molecule has 0 saturated carbocycles. The summed E-state index contributed by atoms with van der Waals surface area (Å²) in [7, 11) is 0. The zero-order valence-corrected chi connectivity index (χ0v) is 12.2. The van der Waals surface area contributed by atoms with E-state index < -0.39 is 11.5 Å². The van der Waals surface area contributed by atoms with Crippen LogP contribution in [0.1, 0.15) is 45.1 Å². The Morgan fingerprint density at radius 3 is 2.75 bits per heavy atom. The maximum absolute atomic E-state index is 13.0. The van der Waals surface area contributed by atoms with E-state index in [0.29, 0.717) is 6.42 Å². The minimum Gasteiger partial charge on any atom is -0.480 e. The SMILES string of the molecule is CCC(CCCc1cccc(F)c1)CC(C)(N)C(=O)O. The second-order valence-corrected chi connectivity index (χ2v) is 5.72. The Hall–Kier alpha value is -1.42. The number of hydrogen-bond acceptors (Lipinski definition) is 2. The first-order valence-electron chi connectivity index (χ1n) is 7.12. The van der Waals surface area contributed by atoms with Gasteiger partial charge in [-0.2, -0.15) is 0 Å². The number of carboxylic acids is 1. The Balaban J connectivity index is 2.44. The predicted octanol–water partition coefficient (Wildman–Crippen LogP) is 3.37. The Morgan fingerprint density at radius 1 is 1.50 bits per heavy atom. The van der Waals surface area contributed by atoms with E-state index in [4.69, 9.17) is 10.8 Å². The second-order valence-electron chi connectivity index (χ2n) is 5.72. The first kappa shape index (κ1) is 16.6. The summed E-state index contributed by atoms with van der Waals surface area (Å²) in [4.78, 5) is 11.0. The minimum absolute atomic E-state index is 0.213. The van der Waals surface area contributed by atoms with Crippen molar-refractivity contribution in [2.75, 3.05) is 0 Å². The molecule has 2 atom stereocenters. The van der Waals surface area contributed by atoms with Gasteiger partial charge in [0.25, 0.3) is 0 Å². The first-order chi connectivity index (χ1) is 9.35. The summed E-state index contributed by atoms with van der Waals surface area (Å²) in [5.41, 5.74) is 5.60. The summed E-state index contributed by atoms with van der Waals surface area (Å²) in [6, 6.07) is 6.61. The van der Waals surface area contributed by atoms with Crippen molar-refractivity contribution >= 4 is 5.97 Å². The van der Waals surface area contributed by atoms with Gasteiger partial charge in [0.15, 0.2) is 0 Å². The number of hydrogen-bond donors (Lipinski definition) is 2. The van der Waals surface area contributed by atoms with E-state index in [1.165, 1.54) is 6.07 Å². The fourth-order valence-corrected chi connectivity index (χ4v) is 2.42. The van der Waals surface area contributed by atoms with Gasteiger partial charge in [-0.1, -0.05) is 31.9 Å². The van der Waals surface area contributed by atoms with Crippen LogP contribution in [0.4, 0.5) is 4.39 Å². The van der Waals surface area contributed by atoms with Crippen LogP contribution in [0.3, 0.4) is 0 Å². The van der Waals surface area contributed by atoms with Gasteiger partial charge in [0.2, 0.25) is 0 Å². The molecule has 0 fully saturated rings. The third-order valence-electron chi connectivity index (χ3n) is 3.75. The summed E-state index contributed by atoms with van der Waals surface area (Å²) in [5.74, 6) is -0.884. The number of aliphatic carboxylic acids is 1. The lowest BCUT2D eigenvalue weighted by Gasteiger charge is -2.25. The highest BCUT2D eigenvalue weighted by atomic mass is 19.1. The monoisotopic (exact) mass is 281 g/mol. The van der Waals surface area contributed by atoms with Crippen molar-refractivity contribution in [1.29, 1.82) is 0 Å². The van der Waals surface area contributed by atoms with Gasteiger partial charge in [0.05, 0.1) is 0 Å². The van der Waals surface area contributed by atoms with Gasteiger partial charge in [-0.3, -0.25) is 4.79 Å². The van der Waals surface area contributed by atoms with Crippen molar-refractivity contribution in [3.63, 3.8) is 0 Å². The van der Waals surface area contributed by atoms with E-state index in [1.54, 1.807) is 19.1 Å². The number of carboxylic acid groups (broad SMARTS) is 1. The van der Waals surface area contributed by atoms with Crippen LogP contribution in [0.15, 0.2) is 24.3 Å². The van der Waals surface area contributed by atoms with Crippen molar-refractivity contribution in [3.8, 4) is 0 Å². The van der Waals surface area contributed by atoms with Gasteiger partial charge in [0.1, 0.15) is 11.4 Å². The topological polar surface area (TPSA) is 63.3 Å². The van der Waals surface area contributed by atoms with E-state index in [-0.39, 0.29) is 11.7 Å². The maximum Gasteiger partial charge on any atom is 0.323 e. The van der Waals surface area contributed by atoms with Crippen LogP contribution in [0, 0.1) is 11.7 Å². The summed E-state index contributed by atoms with van der Waals surface area (Å²) >= 11 is 0. The Labute approximate surface area is 120 Å². The third kappa shape index (κ3) is 5.29. The first-order valence-corrected chi connectivity index (χ1v) is 7.12. The molecule has 20 heavy (non-hydrogen) atoms. The smallest absolute Gasteiger partial charge is 0.323 e. The number of nitrogens with two attached hydrogens (primary N) is 1. The van der Waals surface area contributed by atoms with Gasteiger partial charge in [-0.15, -0.1) is 0 Å². The van der Waals surface area contributed by atoms with Gasteiger partial charge < -0.3 is 10.8 Å². The summed E-state index contributed by atoms with van der Waals surface area (Å²) in [6.45, 7) is 3.61. The molecule has 0 radical (unpaired) electrons. The molecule has 0 aliphatic rings. The van der Waals surface area contributed by atoms with Crippen LogP contribution in [0.2, 0.25) is 0 Å². The standard InChI is InChI=1S/C16H24FNO2/c1-3-12(11-16(2,18)15(19)20)6-4-7-13-8-5-9-14(17)10-13/h5,8-10,12H,3-4,6-7,11,18H2,1-2H3,(H,19,20). The van der Waals surface area contributed by atoms with Crippen LogP contribution in [0.5, 0.6) is 0 Å². The van der Waals surface area contributed by atoms with Crippen molar-refractivity contribution in [2.45, 2.75) is 51.5 Å². The Kier molecular flexibility index (Phi) is 6.14. The van der Waals surface area contributed by atoms with Gasteiger partial charge in [0, 0.05) is 0 Å². The second kappa shape index (κ2) is 7.39.